The normalized spacial score (nSPS) is 26.9. The number of hydrogen-bond donors (Lipinski definition) is 1. The van der Waals surface area contributed by atoms with Crippen LogP contribution in [0.4, 0.5) is 0 Å². The van der Waals surface area contributed by atoms with E-state index in [1.165, 1.54) is 75.5 Å². The van der Waals surface area contributed by atoms with Crippen molar-refractivity contribution in [1.29, 1.82) is 0 Å². The van der Waals surface area contributed by atoms with Crippen LogP contribution < -0.4 is 5.73 Å². The molecule has 0 spiro atoms. The fraction of sp³-hybridized carbons (Fsp3) is 0.619. The molecule has 130 valence electrons. The van der Waals surface area contributed by atoms with Gasteiger partial charge in [-0.25, -0.2) is 0 Å². The molecule has 0 bridgehead atoms. The molecule has 1 saturated carbocycles. The van der Waals surface area contributed by atoms with Gasteiger partial charge in [-0.3, -0.25) is 0 Å². The number of fused-ring (bicyclic) bond motifs is 1. The summed E-state index contributed by atoms with van der Waals surface area (Å²) in [5.74, 6) is 1.58. The van der Waals surface area contributed by atoms with Crippen LogP contribution in [0.25, 0.3) is 11.0 Å². The van der Waals surface area contributed by atoms with Gasteiger partial charge in [0.15, 0.2) is 0 Å². The van der Waals surface area contributed by atoms with Crippen molar-refractivity contribution in [3.05, 3.63) is 36.1 Å². The number of likely N-dealkylation sites (tertiary alicyclic amines) is 1. The van der Waals surface area contributed by atoms with E-state index in [0.29, 0.717) is 12.0 Å². The minimum absolute atomic E-state index is 0.474. The summed E-state index contributed by atoms with van der Waals surface area (Å²) in [4.78, 5) is 2.67. The zero-order chi connectivity index (χ0) is 16.4. The highest BCUT2D eigenvalue weighted by Crippen LogP contribution is 2.34. The van der Waals surface area contributed by atoms with Gasteiger partial charge in [-0.2, -0.15) is 0 Å². The number of nitrogens with zero attached hydrogens (tertiary/aromatic N) is 1. The van der Waals surface area contributed by atoms with E-state index in [1.54, 1.807) is 0 Å². The maximum absolute atomic E-state index is 6.02. The summed E-state index contributed by atoms with van der Waals surface area (Å²) in [6.07, 6.45) is 11.1. The van der Waals surface area contributed by atoms with Crippen LogP contribution in [0.2, 0.25) is 0 Å². The van der Waals surface area contributed by atoms with E-state index in [9.17, 15) is 0 Å². The SMILES string of the molecule is NC1CCC(CCN2CCC(c3coc4ccccc34)CC2)CC1. The molecular weight excluding hydrogens is 296 g/mol. The van der Waals surface area contributed by atoms with Crippen molar-refractivity contribution in [3.63, 3.8) is 0 Å². The molecule has 1 aromatic heterocycles. The second-order valence-electron chi connectivity index (χ2n) is 7.87. The Morgan fingerprint density at radius 1 is 1.00 bits per heavy atom. The van der Waals surface area contributed by atoms with Gasteiger partial charge in [-0.15, -0.1) is 0 Å². The van der Waals surface area contributed by atoms with E-state index < -0.39 is 0 Å². The van der Waals surface area contributed by atoms with Gasteiger partial charge in [-0.05, 0) is 82.5 Å². The van der Waals surface area contributed by atoms with Crippen LogP contribution in [0.1, 0.15) is 56.4 Å². The molecule has 2 heterocycles. The van der Waals surface area contributed by atoms with Crippen molar-refractivity contribution in [1.82, 2.24) is 4.90 Å². The molecule has 1 aliphatic carbocycles. The topological polar surface area (TPSA) is 42.4 Å². The van der Waals surface area contributed by atoms with E-state index in [0.717, 1.165) is 11.5 Å². The standard InChI is InChI=1S/C21H30N2O/c22-18-7-5-16(6-8-18)9-12-23-13-10-17(11-14-23)20-15-24-21-4-2-1-3-19(20)21/h1-4,15-18H,5-14,22H2. The van der Waals surface area contributed by atoms with Gasteiger partial charge >= 0.3 is 0 Å². The first-order chi connectivity index (χ1) is 11.8. The minimum atomic E-state index is 0.474. The largest absolute Gasteiger partial charge is 0.464 e. The molecule has 3 nitrogen and oxygen atoms in total. The van der Waals surface area contributed by atoms with Gasteiger partial charge in [0.1, 0.15) is 5.58 Å². The lowest BCUT2D eigenvalue weighted by Gasteiger charge is -2.33. The maximum Gasteiger partial charge on any atom is 0.134 e. The average Bonchev–Trinajstić information content (AvgIpc) is 3.06. The van der Waals surface area contributed by atoms with Gasteiger partial charge in [-0.1, -0.05) is 18.2 Å². The Hall–Kier alpha value is -1.32. The van der Waals surface area contributed by atoms with Crippen molar-refractivity contribution in [2.24, 2.45) is 11.7 Å². The highest BCUT2D eigenvalue weighted by atomic mass is 16.3. The summed E-state index contributed by atoms with van der Waals surface area (Å²) in [6.45, 7) is 3.74. The quantitative estimate of drug-likeness (QED) is 0.898. The lowest BCUT2D eigenvalue weighted by Crippen LogP contribution is -2.35. The first kappa shape index (κ1) is 16.2. The summed E-state index contributed by atoms with van der Waals surface area (Å²) in [5, 5.41) is 1.31. The molecule has 0 amide bonds. The molecule has 2 aliphatic rings. The number of piperidine rings is 1. The summed E-state index contributed by atoms with van der Waals surface area (Å²) >= 11 is 0. The number of furan rings is 1. The third-order valence-electron chi connectivity index (χ3n) is 6.28. The lowest BCUT2D eigenvalue weighted by atomic mass is 9.84. The molecule has 0 atom stereocenters. The van der Waals surface area contributed by atoms with Crippen molar-refractivity contribution in [3.8, 4) is 0 Å². The number of benzene rings is 1. The van der Waals surface area contributed by atoms with E-state index in [-0.39, 0.29) is 0 Å². The zero-order valence-electron chi connectivity index (χ0n) is 14.6. The Kier molecular flexibility index (Phi) is 4.91. The Morgan fingerprint density at radius 3 is 2.54 bits per heavy atom. The van der Waals surface area contributed by atoms with Crippen molar-refractivity contribution >= 4 is 11.0 Å². The van der Waals surface area contributed by atoms with E-state index in [2.05, 4.69) is 29.2 Å². The molecule has 1 aromatic carbocycles. The zero-order valence-corrected chi connectivity index (χ0v) is 14.6. The summed E-state index contributed by atoms with van der Waals surface area (Å²) < 4.78 is 5.74. The van der Waals surface area contributed by atoms with Crippen LogP contribution in [-0.2, 0) is 0 Å². The maximum atomic E-state index is 6.02. The van der Waals surface area contributed by atoms with E-state index >= 15 is 0 Å². The van der Waals surface area contributed by atoms with Crippen LogP contribution in [-0.4, -0.2) is 30.6 Å². The van der Waals surface area contributed by atoms with Crippen LogP contribution in [0, 0.1) is 5.92 Å². The molecule has 2 N–H and O–H groups in total. The first-order valence-corrected chi connectivity index (χ1v) is 9.73. The van der Waals surface area contributed by atoms with Crippen LogP contribution in [0.5, 0.6) is 0 Å². The third kappa shape index (κ3) is 3.52. The number of para-hydroxylation sites is 1. The first-order valence-electron chi connectivity index (χ1n) is 9.73. The molecule has 0 unspecified atom stereocenters. The van der Waals surface area contributed by atoms with Crippen LogP contribution in [0.3, 0.4) is 0 Å². The summed E-state index contributed by atoms with van der Waals surface area (Å²) in [5.41, 5.74) is 8.47. The highest BCUT2D eigenvalue weighted by Gasteiger charge is 2.24. The molecule has 24 heavy (non-hydrogen) atoms. The summed E-state index contributed by atoms with van der Waals surface area (Å²) in [7, 11) is 0. The number of rotatable bonds is 4. The van der Waals surface area contributed by atoms with Crippen molar-refractivity contribution in [2.45, 2.75) is 56.9 Å². The second kappa shape index (κ2) is 7.28. The van der Waals surface area contributed by atoms with Gasteiger partial charge in [0.25, 0.3) is 0 Å². The fourth-order valence-corrected chi connectivity index (χ4v) is 4.62. The van der Waals surface area contributed by atoms with Gasteiger partial charge in [0, 0.05) is 17.0 Å². The van der Waals surface area contributed by atoms with Crippen molar-refractivity contribution < 1.29 is 4.42 Å². The third-order valence-corrected chi connectivity index (χ3v) is 6.28. The Labute approximate surface area is 145 Å². The minimum Gasteiger partial charge on any atom is -0.464 e. The van der Waals surface area contributed by atoms with Crippen LogP contribution >= 0.6 is 0 Å². The fourth-order valence-electron chi connectivity index (χ4n) is 4.62. The van der Waals surface area contributed by atoms with Crippen molar-refractivity contribution in [2.75, 3.05) is 19.6 Å². The van der Waals surface area contributed by atoms with E-state index in [4.69, 9.17) is 10.2 Å². The summed E-state index contributed by atoms with van der Waals surface area (Å²) in [6, 6.07) is 8.92. The molecule has 2 fully saturated rings. The van der Waals surface area contributed by atoms with Gasteiger partial charge < -0.3 is 15.1 Å². The number of nitrogens with two attached hydrogens (primary N) is 1. The molecule has 2 aromatic rings. The highest BCUT2D eigenvalue weighted by molar-refractivity contribution is 5.81. The Bertz CT molecular complexity index is 649. The molecule has 1 aliphatic heterocycles. The molecular formula is C21H30N2O. The monoisotopic (exact) mass is 326 g/mol. The molecule has 4 rings (SSSR count). The molecule has 3 heteroatoms. The predicted octanol–water partition coefficient (Wildman–Crippen LogP) is 4.52. The molecule has 1 saturated heterocycles. The predicted molar refractivity (Wildman–Crippen MR) is 99.2 cm³/mol. The molecule has 0 radical (unpaired) electrons. The smallest absolute Gasteiger partial charge is 0.134 e. The average molecular weight is 326 g/mol. The number of hydrogen-bond acceptors (Lipinski definition) is 3. The Morgan fingerprint density at radius 2 is 1.75 bits per heavy atom. The van der Waals surface area contributed by atoms with Crippen LogP contribution in [0.15, 0.2) is 34.9 Å². The van der Waals surface area contributed by atoms with E-state index in [1.807, 2.05) is 6.26 Å². The Balaban J connectivity index is 1.27. The lowest BCUT2D eigenvalue weighted by molar-refractivity contribution is 0.186. The van der Waals surface area contributed by atoms with Gasteiger partial charge in [0.2, 0.25) is 0 Å². The van der Waals surface area contributed by atoms with Gasteiger partial charge in [0.05, 0.1) is 6.26 Å². The second-order valence-corrected chi connectivity index (χ2v) is 7.87.